The first kappa shape index (κ1) is 16.3. The van der Waals surface area contributed by atoms with E-state index in [2.05, 4.69) is 10.3 Å². The van der Waals surface area contributed by atoms with Crippen molar-refractivity contribution in [1.82, 2.24) is 4.98 Å². The number of nitrogens with one attached hydrogen (secondary N) is 1. The zero-order valence-corrected chi connectivity index (χ0v) is 13.5. The van der Waals surface area contributed by atoms with Crippen molar-refractivity contribution in [2.75, 3.05) is 31.7 Å². The fourth-order valence-electron chi connectivity index (χ4n) is 2.27. The van der Waals surface area contributed by atoms with Crippen molar-refractivity contribution in [2.45, 2.75) is 6.92 Å². The molecule has 1 aromatic carbocycles. The number of anilines is 1. The maximum atomic E-state index is 12.5. The maximum Gasteiger partial charge on any atom is 0.261 e. The van der Waals surface area contributed by atoms with E-state index in [4.69, 9.17) is 14.2 Å². The number of aromatic nitrogens is 1. The summed E-state index contributed by atoms with van der Waals surface area (Å²) in [5.74, 6) is 1.23. The van der Waals surface area contributed by atoms with Crippen molar-refractivity contribution < 1.29 is 19.0 Å². The van der Waals surface area contributed by atoms with Crippen LogP contribution in [0.15, 0.2) is 42.6 Å². The first-order valence-electron chi connectivity index (χ1n) is 7.96. The van der Waals surface area contributed by atoms with Gasteiger partial charge in [-0.25, -0.2) is 4.98 Å². The van der Waals surface area contributed by atoms with E-state index in [1.807, 2.05) is 25.1 Å². The molecule has 1 N–H and O–H groups in total. The van der Waals surface area contributed by atoms with Gasteiger partial charge < -0.3 is 19.5 Å². The quantitative estimate of drug-likeness (QED) is 0.846. The molecule has 0 aliphatic carbocycles. The summed E-state index contributed by atoms with van der Waals surface area (Å²) in [5, 5.41) is 2.85. The van der Waals surface area contributed by atoms with Crippen molar-refractivity contribution in [3.05, 3.63) is 48.2 Å². The Labute approximate surface area is 140 Å². The SMILES string of the molecule is CCOc1ncccc1C(=O)Nc1cccc(OCC2COC2)c1. The number of benzene rings is 1. The molecule has 24 heavy (non-hydrogen) atoms. The average Bonchev–Trinajstić information content (AvgIpc) is 2.54. The Morgan fingerprint density at radius 1 is 1.29 bits per heavy atom. The fourth-order valence-corrected chi connectivity index (χ4v) is 2.27. The second-order valence-corrected chi connectivity index (χ2v) is 5.49. The highest BCUT2D eigenvalue weighted by Gasteiger charge is 2.19. The first-order chi connectivity index (χ1) is 11.8. The molecule has 0 atom stereocenters. The molecule has 0 unspecified atom stereocenters. The third-order valence-corrected chi connectivity index (χ3v) is 3.58. The lowest BCUT2D eigenvalue weighted by Crippen LogP contribution is -2.32. The summed E-state index contributed by atoms with van der Waals surface area (Å²) in [4.78, 5) is 16.5. The van der Waals surface area contributed by atoms with Crippen LogP contribution in [0, 0.1) is 5.92 Å². The molecule has 1 saturated heterocycles. The van der Waals surface area contributed by atoms with Gasteiger partial charge in [0.25, 0.3) is 5.91 Å². The zero-order valence-electron chi connectivity index (χ0n) is 13.5. The van der Waals surface area contributed by atoms with Crippen LogP contribution in [0.3, 0.4) is 0 Å². The Hall–Kier alpha value is -2.60. The summed E-state index contributed by atoms with van der Waals surface area (Å²) in [6.07, 6.45) is 1.60. The predicted octanol–water partition coefficient (Wildman–Crippen LogP) is 2.76. The molecule has 1 aliphatic rings. The summed E-state index contributed by atoms with van der Waals surface area (Å²) < 4.78 is 16.3. The molecular formula is C18H20N2O4. The molecule has 1 fully saturated rings. The Kier molecular flexibility index (Phi) is 5.28. The number of nitrogens with zero attached hydrogens (tertiary/aromatic N) is 1. The van der Waals surface area contributed by atoms with Gasteiger partial charge >= 0.3 is 0 Å². The minimum Gasteiger partial charge on any atom is -0.493 e. The monoisotopic (exact) mass is 328 g/mol. The lowest BCUT2D eigenvalue weighted by atomic mass is 10.1. The van der Waals surface area contributed by atoms with Crippen LogP contribution >= 0.6 is 0 Å². The lowest BCUT2D eigenvalue weighted by molar-refractivity contribution is -0.0508. The second-order valence-electron chi connectivity index (χ2n) is 5.49. The second kappa shape index (κ2) is 7.79. The van der Waals surface area contributed by atoms with E-state index in [1.165, 1.54) is 0 Å². The molecule has 6 heteroatoms. The molecule has 1 amide bonds. The van der Waals surface area contributed by atoms with Crippen molar-refractivity contribution in [1.29, 1.82) is 0 Å². The van der Waals surface area contributed by atoms with E-state index in [0.717, 1.165) is 19.0 Å². The molecule has 1 aromatic heterocycles. The van der Waals surface area contributed by atoms with Crippen LogP contribution in [-0.4, -0.2) is 37.3 Å². The minimum atomic E-state index is -0.268. The van der Waals surface area contributed by atoms with Gasteiger partial charge in [-0.15, -0.1) is 0 Å². The number of rotatable bonds is 7. The van der Waals surface area contributed by atoms with Crippen LogP contribution in [0.25, 0.3) is 0 Å². The third kappa shape index (κ3) is 4.02. The highest BCUT2D eigenvalue weighted by molar-refractivity contribution is 6.05. The van der Waals surface area contributed by atoms with E-state index in [9.17, 15) is 4.79 Å². The number of amides is 1. The molecule has 0 radical (unpaired) electrons. The van der Waals surface area contributed by atoms with E-state index in [0.29, 0.717) is 36.3 Å². The van der Waals surface area contributed by atoms with Crippen molar-refractivity contribution in [3.8, 4) is 11.6 Å². The predicted molar refractivity (Wildman–Crippen MR) is 89.6 cm³/mol. The summed E-state index contributed by atoms with van der Waals surface area (Å²) in [5.41, 5.74) is 1.06. The average molecular weight is 328 g/mol. The van der Waals surface area contributed by atoms with Gasteiger partial charge in [0.15, 0.2) is 0 Å². The minimum absolute atomic E-state index is 0.268. The zero-order chi connectivity index (χ0) is 16.8. The molecule has 2 aromatic rings. The number of carbonyl (C=O) groups is 1. The summed E-state index contributed by atoms with van der Waals surface area (Å²) in [6.45, 7) is 4.42. The molecule has 126 valence electrons. The van der Waals surface area contributed by atoms with Crippen LogP contribution < -0.4 is 14.8 Å². The Balaban J connectivity index is 1.65. The van der Waals surface area contributed by atoms with Gasteiger partial charge in [0, 0.05) is 23.9 Å². The number of hydrogen-bond acceptors (Lipinski definition) is 5. The maximum absolute atomic E-state index is 12.5. The topological polar surface area (TPSA) is 69.7 Å². The van der Waals surface area contributed by atoms with E-state index in [1.54, 1.807) is 24.4 Å². The molecule has 6 nitrogen and oxygen atoms in total. The van der Waals surface area contributed by atoms with Gasteiger partial charge in [-0.05, 0) is 31.2 Å². The molecule has 0 saturated carbocycles. The highest BCUT2D eigenvalue weighted by atomic mass is 16.5. The molecule has 3 rings (SSSR count). The Bertz CT molecular complexity index is 701. The summed E-state index contributed by atoms with van der Waals surface area (Å²) >= 11 is 0. The fraction of sp³-hybridized carbons (Fsp3) is 0.333. The normalized spacial score (nSPS) is 13.9. The van der Waals surface area contributed by atoms with Crippen molar-refractivity contribution in [2.24, 2.45) is 5.92 Å². The first-order valence-corrected chi connectivity index (χ1v) is 7.96. The highest BCUT2D eigenvalue weighted by Crippen LogP contribution is 2.21. The van der Waals surface area contributed by atoms with Crippen LogP contribution in [0.1, 0.15) is 17.3 Å². The number of hydrogen-bond donors (Lipinski definition) is 1. The lowest BCUT2D eigenvalue weighted by Gasteiger charge is -2.25. The number of carbonyl (C=O) groups excluding carboxylic acids is 1. The van der Waals surface area contributed by atoms with Gasteiger partial charge in [-0.1, -0.05) is 6.07 Å². The van der Waals surface area contributed by atoms with Gasteiger partial charge in [-0.3, -0.25) is 4.79 Å². The van der Waals surface area contributed by atoms with Crippen LogP contribution in [0.2, 0.25) is 0 Å². The van der Waals surface area contributed by atoms with Gasteiger partial charge in [0.2, 0.25) is 5.88 Å². The number of ether oxygens (including phenoxy) is 3. The van der Waals surface area contributed by atoms with Crippen molar-refractivity contribution >= 4 is 11.6 Å². The molecule has 1 aliphatic heterocycles. The van der Waals surface area contributed by atoms with E-state index < -0.39 is 0 Å². The number of pyridine rings is 1. The third-order valence-electron chi connectivity index (χ3n) is 3.58. The Morgan fingerprint density at radius 2 is 2.17 bits per heavy atom. The molecule has 2 heterocycles. The van der Waals surface area contributed by atoms with Crippen LogP contribution in [-0.2, 0) is 4.74 Å². The van der Waals surface area contributed by atoms with Crippen LogP contribution in [0.4, 0.5) is 5.69 Å². The Morgan fingerprint density at radius 3 is 2.92 bits per heavy atom. The summed E-state index contributed by atoms with van der Waals surface area (Å²) in [6, 6.07) is 10.7. The van der Waals surface area contributed by atoms with Crippen LogP contribution in [0.5, 0.6) is 11.6 Å². The van der Waals surface area contributed by atoms with Gasteiger partial charge in [0.1, 0.15) is 11.3 Å². The smallest absolute Gasteiger partial charge is 0.261 e. The van der Waals surface area contributed by atoms with E-state index in [-0.39, 0.29) is 5.91 Å². The van der Waals surface area contributed by atoms with Gasteiger partial charge in [0.05, 0.1) is 26.4 Å². The largest absolute Gasteiger partial charge is 0.493 e. The van der Waals surface area contributed by atoms with E-state index >= 15 is 0 Å². The van der Waals surface area contributed by atoms with Gasteiger partial charge in [-0.2, -0.15) is 0 Å². The molecule has 0 spiro atoms. The standard InChI is InChI=1S/C18H20N2O4/c1-2-23-18-16(7-4-8-19-18)17(21)20-14-5-3-6-15(9-14)24-12-13-10-22-11-13/h3-9,13H,2,10-12H2,1H3,(H,20,21). The summed E-state index contributed by atoms with van der Waals surface area (Å²) in [7, 11) is 0. The molecular weight excluding hydrogens is 308 g/mol. The molecule has 0 bridgehead atoms. The van der Waals surface area contributed by atoms with Crippen molar-refractivity contribution in [3.63, 3.8) is 0 Å².